The number of aliphatic hydroxyl groups is 3. The van der Waals surface area contributed by atoms with Crippen molar-refractivity contribution < 1.29 is 25.2 Å². The Morgan fingerprint density at radius 3 is 2.15 bits per heavy atom. The van der Waals surface area contributed by atoms with Gasteiger partial charge in [0.2, 0.25) is 0 Å². The number of carboxylic acids is 1. The summed E-state index contributed by atoms with van der Waals surface area (Å²) in [5, 5.41) is 37.4. The fraction of sp³-hybridized carbons (Fsp3) is 0.409. The van der Waals surface area contributed by atoms with Crippen molar-refractivity contribution in [1.82, 2.24) is 0 Å². The fourth-order valence-corrected chi connectivity index (χ4v) is 1.94. The van der Waals surface area contributed by atoms with Crippen LogP contribution < -0.4 is 0 Å². The molecule has 0 amide bonds. The molecular weight excluding hydrogens is 344 g/mol. The van der Waals surface area contributed by atoms with Crippen molar-refractivity contribution in [2.45, 2.75) is 57.3 Å². The highest BCUT2D eigenvalue weighted by molar-refractivity contribution is 5.66. The van der Waals surface area contributed by atoms with Crippen LogP contribution in [0.5, 0.6) is 0 Å². The molecule has 0 spiro atoms. The van der Waals surface area contributed by atoms with E-state index in [-0.39, 0.29) is 12.8 Å². The van der Waals surface area contributed by atoms with Gasteiger partial charge in [-0.05, 0) is 25.7 Å². The van der Waals surface area contributed by atoms with Gasteiger partial charge in [0.15, 0.2) is 0 Å². The van der Waals surface area contributed by atoms with E-state index in [1.807, 2.05) is 42.5 Å². The minimum atomic E-state index is -1.08. The zero-order valence-corrected chi connectivity index (χ0v) is 15.9. The molecule has 5 heteroatoms. The van der Waals surface area contributed by atoms with Gasteiger partial charge >= 0.3 is 5.97 Å². The Morgan fingerprint density at radius 2 is 1.48 bits per heavy atom. The van der Waals surface area contributed by atoms with E-state index in [1.165, 1.54) is 6.08 Å². The second kappa shape index (κ2) is 17.2. The number of aliphatic carboxylic acids is 1. The molecule has 0 bridgehead atoms. The highest BCUT2D eigenvalue weighted by Crippen LogP contribution is 2.04. The van der Waals surface area contributed by atoms with Gasteiger partial charge in [-0.25, -0.2) is 0 Å². The van der Waals surface area contributed by atoms with Gasteiger partial charge < -0.3 is 20.4 Å². The zero-order valence-electron chi connectivity index (χ0n) is 15.9. The highest BCUT2D eigenvalue weighted by Gasteiger charge is 2.13. The number of aliphatic hydroxyl groups excluding tert-OH is 3. The largest absolute Gasteiger partial charge is 0.481 e. The van der Waals surface area contributed by atoms with Crippen LogP contribution in [0.25, 0.3) is 0 Å². The number of allylic oxidation sites excluding steroid dienone is 9. The summed E-state index contributed by atoms with van der Waals surface area (Å²) in [6.07, 6.45) is 21.3. The maximum absolute atomic E-state index is 10.4. The van der Waals surface area contributed by atoms with Gasteiger partial charge in [0.25, 0.3) is 0 Å². The predicted octanol–water partition coefficient (Wildman–Crippen LogP) is 3.46. The first kappa shape index (κ1) is 24.8. The molecular formula is C22H32O5. The number of carboxylic acid groups (broad SMARTS) is 1. The summed E-state index contributed by atoms with van der Waals surface area (Å²) >= 11 is 0. The van der Waals surface area contributed by atoms with Crippen molar-refractivity contribution in [3.8, 4) is 0 Å². The van der Waals surface area contributed by atoms with Gasteiger partial charge in [-0.2, -0.15) is 0 Å². The lowest BCUT2D eigenvalue weighted by atomic mass is 10.1. The van der Waals surface area contributed by atoms with E-state index in [1.54, 1.807) is 24.3 Å². The smallest absolute Gasteiger partial charge is 0.303 e. The van der Waals surface area contributed by atoms with E-state index in [4.69, 9.17) is 5.11 Å². The third-order valence-corrected chi connectivity index (χ3v) is 3.46. The molecule has 150 valence electrons. The quantitative estimate of drug-likeness (QED) is 0.275. The molecule has 0 saturated heterocycles. The second-order valence-corrected chi connectivity index (χ2v) is 5.92. The van der Waals surface area contributed by atoms with Gasteiger partial charge in [0.1, 0.15) is 0 Å². The first-order chi connectivity index (χ1) is 13.0. The summed E-state index contributed by atoms with van der Waals surface area (Å²) < 4.78 is 0. The van der Waals surface area contributed by atoms with E-state index in [2.05, 4.69) is 6.92 Å². The molecule has 5 nitrogen and oxygen atoms in total. The van der Waals surface area contributed by atoms with Crippen molar-refractivity contribution in [2.24, 2.45) is 0 Å². The van der Waals surface area contributed by atoms with Crippen LogP contribution in [0.1, 0.15) is 39.0 Å². The molecule has 0 aliphatic carbocycles. The average Bonchev–Trinajstić information content (AvgIpc) is 2.64. The van der Waals surface area contributed by atoms with Gasteiger partial charge in [0.05, 0.1) is 18.3 Å². The maximum Gasteiger partial charge on any atom is 0.303 e. The highest BCUT2D eigenvalue weighted by atomic mass is 16.4. The van der Waals surface area contributed by atoms with E-state index in [9.17, 15) is 20.1 Å². The van der Waals surface area contributed by atoms with Crippen LogP contribution in [-0.2, 0) is 4.79 Å². The van der Waals surface area contributed by atoms with Crippen LogP contribution in [-0.4, -0.2) is 44.7 Å². The zero-order chi connectivity index (χ0) is 20.3. The first-order valence-electron chi connectivity index (χ1n) is 9.21. The van der Waals surface area contributed by atoms with Crippen LogP contribution in [0.4, 0.5) is 0 Å². The molecule has 0 rings (SSSR count). The Bertz CT molecular complexity index is 555. The minimum absolute atomic E-state index is 0.0116. The van der Waals surface area contributed by atoms with Gasteiger partial charge in [-0.15, -0.1) is 0 Å². The van der Waals surface area contributed by atoms with Crippen LogP contribution in [0, 0.1) is 0 Å². The number of hydrogen-bond acceptors (Lipinski definition) is 4. The lowest BCUT2D eigenvalue weighted by molar-refractivity contribution is -0.137. The van der Waals surface area contributed by atoms with Crippen LogP contribution in [0.3, 0.4) is 0 Å². The Hall–Kier alpha value is -2.21. The Balaban J connectivity index is 3.98. The Morgan fingerprint density at radius 1 is 0.852 bits per heavy atom. The van der Waals surface area contributed by atoms with Crippen molar-refractivity contribution in [3.63, 3.8) is 0 Å². The molecule has 0 aromatic heterocycles. The third kappa shape index (κ3) is 17.0. The summed E-state index contributed by atoms with van der Waals surface area (Å²) in [6.45, 7) is 2.05. The maximum atomic E-state index is 10.4. The van der Waals surface area contributed by atoms with Crippen molar-refractivity contribution in [1.29, 1.82) is 0 Å². The van der Waals surface area contributed by atoms with Crippen molar-refractivity contribution in [3.05, 3.63) is 72.9 Å². The number of rotatable bonds is 14. The first-order valence-corrected chi connectivity index (χ1v) is 9.21. The molecule has 0 fully saturated rings. The molecule has 0 saturated carbocycles. The number of carbonyl (C=O) groups is 1. The van der Waals surface area contributed by atoms with E-state index >= 15 is 0 Å². The summed E-state index contributed by atoms with van der Waals surface area (Å²) in [4.78, 5) is 10.4. The van der Waals surface area contributed by atoms with Crippen LogP contribution in [0.2, 0.25) is 0 Å². The molecule has 27 heavy (non-hydrogen) atoms. The number of hydrogen-bond donors (Lipinski definition) is 4. The SMILES string of the molecule is CC/C=C\C[C@H](O)/C=C/C=C\C\C=C/C=C/C=C/C(O)[C@@H](O)CCC(=O)O. The minimum Gasteiger partial charge on any atom is -0.481 e. The molecule has 1 unspecified atom stereocenters. The molecule has 0 heterocycles. The molecule has 4 N–H and O–H groups in total. The molecule has 0 aliphatic heterocycles. The summed E-state index contributed by atoms with van der Waals surface area (Å²) in [5.41, 5.74) is 0. The lowest BCUT2D eigenvalue weighted by Gasteiger charge is -2.12. The van der Waals surface area contributed by atoms with Gasteiger partial charge in [-0.3, -0.25) is 4.79 Å². The molecule has 3 atom stereocenters. The summed E-state index contributed by atoms with van der Waals surface area (Å²) in [6, 6.07) is 0. The lowest BCUT2D eigenvalue weighted by Crippen LogP contribution is -2.24. The normalized spacial score (nSPS) is 16.6. The fourth-order valence-electron chi connectivity index (χ4n) is 1.94. The average molecular weight is 376 g/mol. The topological polar surface area (TPSA) is 98.0 Å². The molecule has 0 aromatic rings. The second-order valence-electron chi connectivity index (χ2n) is 5.92. The standard InChI is InChI=1S/C22H32O5/c1-2-3-11-14-19(23)15-12-9-7-5-4-6-8-10-13-16-20(24)21(25)17-18-22(26)27/h3-4,6-13,15-16,19-21,23-25H,2,5,14,17-18H2,1H3,(H,26,27)/b6-4-,9-7-,10-8+,11-3-,15-12+,16-13+/t19-,20?,21-/m0/s1. The van der Waals surface area contributed by atoms with E-state index in [0.29, 0.717) is 6.42 Å². The van der Waals surface area contributed by atoms with E-state index in [0.717, 1.165) is 12.8 Å². The van der Waals surface area contributed by atoms with Crippen LogP contribution in [0.15, 0.2) is 72.9 Å². The Kier molecular flexibility index (Phi) is 15.8. The van der Waals surface area contributed by atoms with Gasteiger partial charge in [0, 0.05) is 6.42 Å². The van der Waals surface area contributed by atoms with Crippen molar-refractivity contribution in [2.75, 3.05) is 0 Å². The van der Waals surface area contributed by atoms with Crippen LogP contribution >= 0.6 is 0 Å². The molecule has 0 radical (unpaired) electrons. The van der Waals surface area contributed by atoms with Crippen molar-refractivity contribution >= 4 is 5.97 Å². The van der Waals surface area contributed by atoms with Gasteiger partial charge in [-0.1, -0.05) is 79.8 Å². The Labute approximate surface area is 162 Å². The predicted molar refractivity (Wildman–Crippen MR) is 109 cm³/mol. The molecule has 0 aliphatic rings. The summed E-state index contributed by atoms with van der Waals surface area (Å²) in [7, 11) is 0. The third-order valence-electron chi connectivity index (χ3n) is 3.46. The van der Waals surface area contributed by atoms with E-state index < -0.39 is 24.3 Å². The molecule has 0 aromatic carbocycles. The summed E-state index contributed by atoms with van der Waals surface area (Å²) in [5.74, 6) is -1.000. The monoisotopic (exact) mass is 376 g/mol.